The molecule has 1 rings (SSSR count). The molecule has 4 heteroatoms. The number of halogens is 1. The van der Waals surface area contributed by atoms with Crippen molar-refractivity contribution < 1.29 is 9.90 Å². The normalized spacial score (nSPS) is 10.7. The van der Waals surface area contributed by atoms with Crippen LogP contribution in [0.5, 0.6) is 0 Å². The third-order valence-corrected chi connectivity index (χ3v) is 3.83. The van der Waals surface area contributed by atoms with Gasteiger partial charge in [0.15, 0.2) is 0 Å². The summed E-state index contributed by atoms with van der Waals surface area (Å²) in [7, 11) is 0. The molecule has 1 aromatic carbocycles. The van der Waals surface area contributed by atoms with Crippen LogP contribution < -0.4 is 0 Å². The summed E-state index contributed by atoms with van der Waals surface area (Å²) in [5, 5.41) is 8.84. The van der Waals surface area contributed by atoms with E-state index in [4.69, 9.17) is 5.11 Å². The fourth-order valence-electron chi connectivity index (χ4n) is 1.02. The molecule has 0 atom stereocenters. The highest BCUT2D eigenvalue weighted by Gasteiger charge is 2.08. The molecule has 0 aromatic heterocycles. The van der Waals surface area contributed by atoms with Crippen LogP contribution in [0, 0.1) is 5.92 Å². The number of carboxylic acid groups (broad SMARTS) is 1. The van der Waals surface area contributed by atoms with Crippen LogP contribution in [0.25, 0.3) is 0 Å². The zero-order valence-electron chi connectivity index (χ0n) is 8.66. The Bertz CT molecular complexity index is 364. The fraction of sp³-hybridized carbons (Fsp3) is 0.364. The van der Waals surface area contributed by atoms with Gasteiger partial charge in [0, 0.05) is 15.1 Å². The topological polar surface area (TPSA) is 37.3 Å². The summed E-state index contributed by atoms with van der Waals surface area (Å²) in [5.74, 6) is 0.772. The zero-order valence-corrected chi connectivity index (χ0v) is 11.1. The van der Waals surface area contributed by atoms with Gasteiger partial charge in [-0.25, -0.2) is 4.79 Å². The van der Waals surface area contributed by atoms with Crippen molar-refractivity contribution in [2.24, 2.45) is 5.92 Å². The lowest BCUT2D eigenvalue weighted by atomic mass is 10.2. The van der Waals surface area contributed by atoms with E-state index in [1.54, 1.807) is 17.8 Å². The number of thioether (sulfide) groups is 1. The number of benzene rings is 1. The predicted octanol–water partition coefficient (Wildman–Crippen LogP) is 3.90. The van der Waals surface area contributed by atoms with Gasteiger partial charge in [0.25, 0.3) is 0 Å². The maximum absolute atomic E-state index is 10.8. The molecule has 1 N–H and O–H groups in total. The summed E-state index contributed by atoms with van der Waals surface area (Å²) in [6.07, 6.45) is 0. The van der Waals surface area contributed by atoms with E-state index in [1.807, 2.05) is 12.1 Å². The van der Waals surface area contributed by atoms with Gasteiger partial charge in [-0.2, -0.15) is 0 Å². The van der Waals surface area contributed by atoms with E-state index in [0.29, 0.717) is 16.0 Å². The molecule has 0 fully saturated rings. The second-order valence-electron chi connectivity index (χ2n) is 3.65. The van der Waals surface area contributed by atoms with E-state index in [1.165, 1.54) is 0 Å². The number of carboxylic acids is 1. The van der Waals surface area contributed by atoms with Crippen molar-refractivity contribution in [1.82, 2.24) is 0 Å². The monoisotopic (exact) mass is 288 g/mol. The lowest BCUT2D eigenvalue weighted by Gasteiger charge is -2.06. The molecule has 0 aliphatic carbocycles. The molecule has 0 aliphatic rings. The van der Waals surface area contributed by atoms with Crippen LogP contribution in [0.4, 0.5) is 0 Å². The smallest absolute Gasteiger partial charge is 0.336 e. The van der Waals surface area contributed by atoms with Crippen LogP contribution in [0.15, 0.2) is 27.6 Å². The van der Waals surface area contributed by atoms with Crippen molar-refractivity contribution in [2.75, 3.05) is 5.75 Å². The van der Waals surface area contributed by atoms with Crippen molar-refractivity contribution in [3.63, 3.8) is 0 Å². The van der Waals surface area contributed by atoms with E-state index < -0.39 is 5.97 Å². The first-order valence-corrected chi connectivity index (χ1v) is 6.44. The quantitative estimate of drug-likeness (QED) is 0.854. The molecule has 82 valence electrons. The Morgan fingerprint density at radius 2 is 2.20 bits per heavy atom. The van der Waals surface area contributed by atoms with Crippen LogP contribution >= 0.6 is 27.7 Å². The van der Waals surface area contributed by atoms with Crippen LogP contribution in [0.3, 0.4) is 0 Å². The van der Waals surface area contributed by atoms with Crippen molar-refractivity contribution >= 4 is 33.7 Å². The molecule has 0 unspecified atom stereocenters. The summed E-state index contributed by atoms with van der Waals surface area (Å²) in [6, 6.07) is 5.34. The minimum absolute atomic E-state index is 0.309. The summed E-state index contributed by atoms with van der Waals surface area (Å²) in [5.41, 5.74) is 0.309. The number of hydrogen-bond acceptors (Lipinski definition) is 2. The van der Waals surface area contributed by atoms with Gasteiger partial charge < -0.3 is 5.11 Å². The molecule has 0 heterocycles. The maximum atomic E-state index is 10.8. The number of aromatic carboxylic acids is 1. The minimum atomic E-state index is -0.901. The second kappa shape index (κ2) is 5.56. The van der Waals surface area contributed by atoms with E-state index in [9.17, 15) is 4.79 Å². The average Bonchev–Trinajstić information content (AvgIpc) is 2.14. The molecule has 15 heavy (non-hydrogen) atoms. The third kappa shape index (κ3) is 3.87. The first kappa shape index (κ1) is 12.6. The molecule has 1 aromatic rings. The van der Waals surface area contributed by atoms with Crippen molar-refractivity contribution in [2.45, 2.75) is 18.7 Å². The van der Waals surface area contributed by atoms with Crippen LogP contribution in [-0.4, -0.2) is 16.8 Å². The van der Waals surface area contributed by atoms with E-state index >= 15 is 0 Å². The lowest BCUT2D eigenvalue weighted by molar-refractivity contribution is 0.0696. The highest BCUT2D eigenvalue weighted by atomic mass is 79.9. The van der Waals surface area contributed by atoms with Gasteiger partial charge >= 0.3 is 5.97 Å². The molecule has 0 saturated heterocycles. The number of hydrogen-bond donors (Lipinski definition) is 1. The Kier molecular flexibility index (Phi) is 4.67. The van der Waals surface area contributed by atoms with Gasteiger partial charge in [0.05, 0.1) is 5.56 Å². The molecular weight excluding hydrogens is 276 g/mol. The number of rotatable bonds is 4. The van der Waals surface area contributed by atoms with E-state index in [-0.39, 0.29) is 0 Å². The molecule has 0 amide bonds. The van der Waals surface area contributed by atoms with Gasteiger partial charge in [0.1, 0.15) is 0 Å². The molecule has 0 aliphatic heterocycles. The van der Waals surface area contributed by atoms with E-state index in [2.05, 4.69) is 29.8 Å². The van der Waals surface area contributed by atoms with Gasteiger partial charge in [0.2, 0.25) is 0 Å². The zero-order chi connectivity index (χ0) is 11.4. The van der Waals surface area contributed by atoms with Gasteiger partial charge in [-0.3, -0.25) is 0 Å². The molecule has 0 saturated carbocycles. The van der Waals surface area contributed by atoms with Crippen LogP contribution in [-0.2, 0) is 0 Å². The fourth-order valence-corrected chi connectivity index (χ4v) is 2.61. The van der Waals surface area contributed by atoms with Gasteiger partial charge in [-0.05, 0) is 40.0 Å². The molecule has 2 nitrogen and oxygen atoms in total. The minimum Gasteiger partial charge on any atom is -0.478 e. The Morgan fingerprint density at radius 3 is 2.67 bits per heavy atom. The molecule has 0 bridgehead atoms. The Hall–Kier alpha value is -0.480. The van der Waals surface area contributed by atoms with Crippen LogP contribution in [0.2, 0.25) is 0 Å². The summed E-state index contributed by atoms with van der Waals surface area (Å²) >= 11 is 5.00. The van der Waals surface area contributed by atoms with Crippen molar-refractivity contribution in [3.05, 3.63) is 28.2 Å². The highest BCUT2D eigenvalue weighted by molar-refractivity contribution is 9.10. The molecule has 0 radical (unpaired) electrons. The first-order valence-electron chi connectivity index (χ1n) is 4.66. The Labute approximate surface area is 102 Å². The third-order valence-electron chi connectivity index (χ3n) is 1.75. The average molecular weight is 289 g/mol. The van der Waals surface area contributed by atoms with Gasteiger partial charge in [-0.15, -0.1) is 11.8 Å². The van der Waals surface area contributed by atoms with Gasteiger partial charge in [-0.1, -0.05) is 13.8 Å². The van der Waals surface area contributed by atoms with Crippen LogP contribution in [0.1, 0.15) is 24.2 Å². The first-order chi connectivity index (χ1) is 7.00. The largest absolute Gasteiger partial charge is 0.478 e. The summed E-state index contributed by atoms with van der Waals surface area (Å²) in [4.78, 5) is 11.9. The SMILES string of the molecule is CC(C)CSc1ccc(C(=O)O)c(Br)c1. The van der Waals surface area contributed by atoms with Crippen molar-refractivity contribution in [3.8, 4) is 0 Å². The highest BCUT2D eigenvalue weighted by Crippen LogP contribution is 2.26. The maximum Gasteiger partial charge on any atom is 0.336 e. The predicted molar refractivity (Wildman–Crippen MR) is 66.7 cm³/mol. The standard InChI is InChI=1S/C11H13BrO2S/c1-7(2)6-15-8-3-4-9(11(13)14)10(12)5-8/h3-5,7H,6H2,1-2H3,(H,13,14). The second-order valence-corrected chi connectivity index (χ2v) is 5.60. The van der Waals surface area contributed by atoms with E-state index in [0.717, 1.165) is 10.6 Å². The lowest BCUT2D eigenvalue weighted by Crippen LogP contribution is -1.97. The van der Waals surface area contributed by atoms with Crippen molar-refractivity contribution in [1.29, 1.82) is 0 Å². The number of carbonyl (C=O) groups is 1. The summed E-state index contributed by atoms with van der Waals surface area (Å²) < 4.78 is 0.642. The Balaban J connectivity index is 2.78. The summed E-state index contributed by atoms with van der Waals surface area (Å²) in [6.45, 7) is 4.32. The molecular formula is C11H13BrO2S. The Morgan fingerprint density at radius 1 is 1.53 bits per heavy atom. The molecule has 0 spiro atoms.